The van der Waals surface area contributed by atoms with Crippen molar-refractivity contribution in [3.05, 3.63) is 0 Å². The van der Waals surface area contributed by atoms with Gasteiger partial charge in [-0.25, -0.2) is 0 Å². The van der Waals surface area contributed by atoms with Crippen molar-refractivity contribution in [3.63, 3.8) is 0 Å². The summed E-state index contributed by atoms with van der Waals surface area (Å²) in [6, 6.07) is -1.41. The number of aliphatic hydroxyl groups excluding tert-OH is 10. The number of hydrogen-bond acceptors (Lipinski definition) is 16. The highest BCUT2D eigenvalue weighted by atomic mass is 16.7. The van der Waals surface area contributed by atoms with Crippen LogP contribution in [0, 0.1) is 0 Å². The van der Waals surface area contributed by atoms with Gasteiger partial charge in [-0.05, 0) is 0 Å². The van der Waals surface area contributed by atoms with E-state index in [0.717, 1.165) is 6.92 Å². The van der Waals surface area contributed by atoms with Gasteiger partial charge in [-0.15, -0.1) is 0 Å². The summed E-state index contributed by atoms with van der Waals surface area (Å²) in [5, 5.41) is 103. The summed E-state index contributed by atoms with van der Waals surface area (Å²) in [6.07, 6.45) is -23.5. The number of amides is 1. The van der Waals surface area contributed by atoms with Crippen molar-refractivity contribution in [1.29, 1.82) is 0 Å². The monoisotopic (exact) mass is 545 g/mol. The highest BCUT2D eigenvalue weighted by molar-refractivity contribution is 5.73. The van der Waals surface area contributed by atoms with Crippen LogP contribution < -0.4 is 5.32 Å². The van der Waals surface area contributed by atoms with Gasteiger partial charge in [-0.3, -0.25) is 4.79 Å². The fourth-order valence-corrected chi connectivity index (χ4v) is 4.45. The molecule has 0 spiro atoms. The molecule has 3 fully saturated rings. The number of carbonyl (C=O) groups excluding carboxylic acids is 1. The van der Waals surface area contributed by atoms with Crippen LogP contribution in [-0.2, 0) is 28.5 Å². The summed E-state index contributed by atoms with van der Waals surface area (Å²) in [4.78, 5) is 11.6. The Balaban J connectivity index is 1.83. The van der Waals surface area contributed by atoms with E-state index < -0.39 is 118 Å². The fourth-order valence-electron chi connectivity index (χ4n) is 4.45. The van der Waals surface area contributed by atoms with E-state index in [1.807, 2.05) is 0 Å². The first kappa shape index (κ1) is 30.4. The average Bonchev–Trinajstić information content (AvgIpc) is 2.86. The van der Waals surface area contributed by atoms with Crippen LogP contribution in [0.4, 0.5) is 0 Å². The van der Waals surface area contributed by atoms with Crippen LogP contribution in [0.2, 0.25) is 0 Å². The second-order valence-corrected chi connectivity index (χ2v) is 9.07. The molecule has 0 aromatic carbocycles. The third-order valence-corrected chi connectivity index (χ3v) is 6.50. The Kier molecular flexibility index (Phi) is 10.5. The maximum atomic E-state index is 11.6. The topological polar surface area (TPSA) is 278 Å². The molecule has 1 amide bonds. The van der Waals surface area contributed by atoms with E-state index >= 15 is 0 Å². The van der Waals surface area contributed by atoms with Crippen molar-refractivity contribution < 1.29 is 79.5 Å². The van der Waals surface area contributed by atoms with E-state index in [1.54, 1.807) is 0 Å². The fraction of sp³-hybridized carbons (Fsp3) is 0.950. The Labute approximate surface area is 210 Å². The van der Waals surface area contributed by atoms with E-state index in [4.69, 9.17) is 23.7 Å². The van der Waals surface area contributed by atoms with Gasteiger partial charge in [-0.1, -0.05) is 0 Å². The molecule has 216 valence electrons. The van der Waals surface area contributed by atoms with Crippen LogP contribution in [0.1, 0.15) is 6.92 Å². The molecule has 11 N–H and O–H groups in total. The van der Waals surface area contributed by atoms with E-state index in [-0.39, 0.29) is 0 Å². The predicted molar refractivity (Wildman–Crippen MR) is 113 cm³/mol. The quantitative estimate of drug-likeness (QED) is 0.135. The lowest BCUT2D eigenvalue weighted by Crippen LogP contribution is -2.68. The number of aliphatic hydroxyl groups is 10. The zero-order chi connectivity index (χ0) is 27.6. The van der Waals surface area contributed by atoms with Crippen LogP contribution in [0.5, 0.6) is 0 Å². The second-order valence-electron chi connectivity index (χ2n) is 9.07. The number of ether oxygens (including phenoxy) is 5. The van der Waals surface area contributed by atoms with Crippen LogP contribution >= 0.6 is 0 Å². The highest BCUT2D eigenvalue weighted by Crippen LogP contribution is 2.32. The van der Waals surface area contributed by atoms with Gasteiger partial charge in [0.15, 0.2) is 18.9 Å². The Bertz CT molecular complexity index is 745. The van der Waals surface area contributed by atoms with Gasteiger partial charge in [0, 0.05) is 6.92 Å². The van der Waals surface area contributed by atoms with Crippen molar-refractivity contribution in [3.8, 4) is 0 Å². The van der Waals surface area contributed by atoms with Gasteiger partial charge < -0.3 is 80.1 Å². The summed E-state index contributed by atoms with van der Waals surface area (Å²) in [7, 11) is 0. The molecule has 0 bridgehead atoms. The smallest absolute Gasteiger partial charge is 0.217 e. The first-order chi connectivity index (χ1) is 17.4. The molecule has 3 rings (SSSR count). The average molecular weight is 545 g/mol. The second kappa shape index (κ2) is 12.8. The maximum Gasteiger partial charge on any atom is 0.217 e. The molecule has 15 atom stereocenters. The van der Waals surface area contributed by atoms with E-state index in [0.29, 0.717) is 0 Å². The lowest BCUT2D eigenvalue weighted by Gasteiger charge is -2.48. The van der Waals surface area contributed by atoms with Gasteiger partial charge in [-0.2, -0.15) is 0 Å². The Morgan fingerprint density at radius 1 is 0.649 bits per heavy atom. The zero-order valence-corrected chi connectivity index (χ0v) is 19.7. The number of rotatable bonds is 8. The zero-order valence-electron chi connectivity index (χ0n) is 19.7. The SMILES string of the molecule is CC(=O)N[C@@H]1[C@@H](O[C@H]2O[C@H](CO)[C@@H](O)[C@H](O[C@H]3O[C@H](CO)[C@@H](O)[C@H](O)[C@@H]3O)[C@@H]2O)[C@H](O)[C@@H](CO)O[C@H]1O. The summed E-state index contributed by atoms with van der Waals surface area (Å²) in [5.41, 5.74) is 0. The van der Waals surface area contributed by atoms with E-state index in [9.17, 15) is 55.9 Å². The van der Waals surface area contributed by atoms with Gasteiger partial charge in [0.1, 0.15) is 73.2 Å². The van der Waals surface area contributed by atoms with Crippen molar-refractivity contribution in [1.82, 2.24) is 5.32 Å². The molecule has 17 nitrogen and oxygen atoms in total. The van der Waals surface area contributed by atoms with Gasteiger partial charge in [0.05, 0.1) is 19.8 Å². The van der Waals surface area contributed by atoms with Crippen LogP contribution in [0.25, 0.3) is 0 Å². The number of hydrogen-bond donors (Lipinski definition) is 11. The summed E-state index contributed by atoms with van der Waals surface area (Å²) in [6.45, 7) is -1.23. The molecular weight excluding hydrogens is 510 g/mol. The normalized spacial score (nSPS) is 49.0. The van der Waals surface area contributed by atoms with Crippen LogP contribution in [0.15, 0.2) is 0 Å². The van der Waals surface area contributed by atoms with E-state index in [2.05, 4.69) is 5.32 Å². The Morgan fingerprint density at radius 2 is 1.11 bits per heavy atom. The minimum atomic E-state index is -1.93. The van der Waals surface area contributed by atoms with Crippen LogP contribution in [0.3, 0.4) is 0 Å². The molecule has 3 aliphatic heterocycles. The molecule has 0 saturated carbocycles. The third kappa shape index (κ3) is 6.38. The number of carbonyl (C=O) groups is 1. The van der Waals surface area contributed by atoms with Crippen LogP contribution in [-0.4, -0.2) is 169 Å². The molecule has 3 saturated heterocycles. The molecular formula is C20H35NO16. The first-order valence-electron chi connectivity index (χ1n) is 11.6. The Morgan fingerprint density at radius 3 is 1.65 bits per heavy atom. The third-order valence-electron chi connectivity index (χ3n) is 6.50. The van der Waals surface area contributed by atoms with E-state index in [1.165, 1.54) is 0 Å². The minimum Gasteiger partial charge on any atom is -0.394 e. The summed E-state index contributed by atoms with van der Waals surface area (Å²) >= 11 is 0. The molecule has 3 aliphatic rings. The van der Waals surface area contributed by atoms with Crippen molar-refractivity contribution in [2.75, 3.05) is 19.8 Å². The Hall–Kier alpha value is -1.13. The summed E-state index contributed by atoms with van der Waals surface area (Å²) in [5.74, 6) is -0.645. The molecule has 37 heavy (non-hydrogen) atoms. The lowest BCUT2D eigenvalue weighted by atomic mass is 9.95. The predicted octanol–water partition coefficient (Wildman–Crippen LogP) is -7.43. The standard InChI is InChI=1S/C20H35NO16/c1-5(25)21-9-16(11(27)7(3-23)33-18(9)32)36-20-15(31)17(12(28)8(4-24)35-20)37-19-14(30)13(29)10(26)6(2-22)34-19/h6-20,22-24,26-32H,2-4H2,1H3,(H,21,25)/t6-,7-,8-,9-,10-,11-,12-,13+,14+,15+,16-,17+,18-,19-,20-/m1/s1. The molecule has 0 unspecified atom stereocenters. The maximum absolute atomic E-state index is 11.6. The first-order valence-corrected chi connectivity index (χ1v) is 11.6. The summed E-state index contributed by atoms with van der Waals surface area (Å²) < 4.78 is 26.9. The van der Waals surface area contributed by atoms with Crippen molar-refractivity contribution >= 4 is 5.91 Å². The highest BCUT2D eigenvalue weighted by Gasteiger charge is 2.53. The largest absolute Gasteiger partial charge is 0.394 e. The number of nitrogens with one attached hydrogen (secondary N) is 1. The molecule has 17 heteroatoms. The molecule has 0 aliphatic carbocycles. The van der Waals surface area contributed by atoms with Gasteiger partial charge >= 0.3 is 0 Å². The lowest BCUT2D eigenvalue weighted by molar-refractivity contribution is -0.373. The minimum absolute atomic E-state index is 0.645. The molecule has 0 radical (unpaired) electrons. The van der Waals surface area contributed by atoms with Crippen molar-refractivity contribution in [2.45, 2.75) is 99.0 Å². The van der Waals surface area contributed by atoms with Gasteiger partial charge in [0.2, 0.25) is 5.91 Å². The molecule has 0 aromatic rings. The molecule has 0 aromatic heterocycles. The van der Waals surface area contributed by atoms with Crippen molar-refractivity contribution in [2.24, 2.45) is 0 Å². The molecule has 3 heterocycles. The van der Waals surface area contributed by atoms with Gasteiger partial charge in [0.25, 0.3) is 0 Å².